The van der Waals surface area contributed by atoms with E-state index in [9.17, 15) is 15.0 Å². The predicted octanol–water partition coefficient (Wildman–Crippen LogP) is 1.79. The number of nitrogens with zero attached hydrogens (tertiary/aromatic N) is 1. The van der Waals surface area contributed by atoms with E-state index >= 15 is 0 Å². The Morgan fingerprint density at radius 1 is 1.40 bits per heavy atom. The van der Waals surface area contributed by atoms with Gasteiger partial charge in [-0.15, -0.1) is 0 Å². The van der Waals surface area contributed by atoms with Gasteiger partial charge in [-0.05, 0) is 47.8 Å². The van der Waals surface area contributed by atoms with Gasteiger partial charge in [0.2, 0.25) is 0 Å². The van der Waals surface area contributed by atoms with Crippen molar-refractivity contribution in [3.05, 3.63) is 22.2 Å². The fourth-order valence-electron chi connectivity index (χ4n) is 2.73. The molecule has 20 heavy (non-hydrogen) atoms. The first-order valence-electron chi connectivity index (χ1n) is 6.67. The van der Waals surface area contributed by atoms with Crippen LogP contribution in [-0.2, 0) is 4.79 Å². The van der Waals surface area contributed by atoms with Crippen molar-refractivity contribution in [1.29, 1.82) is 0 Å². The van der Waals surface area contributed by atoms with E-state index < -0.39 is 11.7 Å². The fourth-order valence-corrected chi connectivity index (χ4v) is 3.34. The molecule has 5 nitrogen and oxygen atoms in total. The lowest BCUT2D eigenvalue weighted by atomic mass is 9.93. The first kappa shape index (κ1) is 13.9. The van der Waals surface area contributed by atoms with Gasteiger partial charge in [-0.2, -0.15) is 0 Å². The van der Waals surface area contributed by atoms with E-state index in [2.05, 4.69) is 26.1 Å². The quantitative estimate of drug-likeness (QED) is 0.728. The Bertz CT molecular complexity index is 564. The maximum Gasteiger partial charge on any atom is 0.257 e. The molecular formula is C14H17BrN2O3. The molecule has 1 unspecified atom stereocenters. The van der Waals surface area contributed by atoms with Crippen molar-refractivity contribution >= 4 is 33.2 Å². The lowest BCUT2D eigenvalue weighted by Gasteiger charge is -2.37. The maximum atomic E-state index is 11.5. The number of aliphatic hydroxyl groups excluding tert-OH is 1. The van der Waals surface area contributed by atoms with Crippen LogP contribution in [0.2, 0.25) is 0 Å². The minimum atomic E-state index is -1.09. The molecule has 0 aromatic heterocycles. The van der Waals surface area contributed by atoms with Gasteiger partial charge in [-0.25, -0.2) is 0 Å². The molecule has 0 saturated carbocycles. The molecule has 2 aliphatic heterocycles. The topological polar surface area (TPSA) is 72.8 Å². The molecule has 1 atom stereocenters. The number of piperidine rings is 1. The van der Waals surface area contributed by atoms with Gasteiger partial charge in [-0.1, -0.05) is 0 Å². The third-order valence-corrected chi connectivity index (χ3v) is 4.74. The predicted molar refractivity (Wildman–Crippen MR) is 79.8 cm³/mol. The molecule has 1 aromatic rings. The number of carbonyl (C=O) groups excluding carboxylic acids is 1. The number of hydrogen-bond acceptors (Lipinski definition) is 4. The molecule has 0 radical (unpaired) electrons. The Hall–Kier alpha value is -1.11. The largest absolute Gasteiger partial charge is 0.390 e. The lowest BCUT2D eigenvalue weighted by Crippen LogP contribution is -2.42. The van der Waals surface area contributed by atoms with E-state index in [1.807, 2.05) is 13.0 Å². The highest BCUT2D eigenvalue weighted by atomic mass is 79.9. The van der Waals surface area contributed by atoms with Crippen molar-refractivity contribution in [3.63, 3.8) is 0 Å². The number of benzene rings is 1. The van der Waals surface area contributed by atoms with E-state index in [1.165, 1.54) is 0 Å². The normalized spacial score (nSPS) is 24.5. The number of rotatable bonds is 1. The van der Waals surface area contributed by atoms with Crippen molar-refractivity contribution in [3.8, 4) is 0 Å². The molecule has 1 aromatic carbocycles. The van der Waals surface area contributed by atoms with Crippen molar-refractivity contribution in [2.75, 3.05) is 23.3 Å². The van der Waals surface area contributed by atoms with Crippen molar-refractivity contribution in [2.24, 2.45) is 0 Å². The van der Waals surface area contributed by atoms with Crippen LogP contribution in [0.25, 0.3) is 0 Å². The molecule has 6 heteroatoms. The van der Waals surface area contributed by atoms with Gasteiger partial charge in [0, 0.05) is 28.8 Å². The second-order valence-electron chi connectivity index (χ2n) is 5.77. The number of anilines is 2. The van der Waals surface area contributed by atoms with Crippen LogP contribution in [0.5, 0.6) is 0 Å². The van der Waals surface area contributed by atoms with Gasteiger partial charge in [-0.3, -0.25) is 4.79 Å². The fraction of sp³-hybridized carbons (Fsp3) is 0.500. The summed E-state index contributed by atoms with van der Waals surface area (Å²) in [5.41, 5.74) is 1.66. The molecule has 0 bridgehead atoms. The highest BCUT2D eigenvalue weighted by Crippen LogP contribution is 2.40. The SMILES string of the molecule is CC1(O)CCN(c2cc3c(cc2Br)C(O)C(=O)N3)CC1. The zero-order valence-corrected chi connectivity index (χ0v) is 12.8. The van der Waals surface area contributed by atoms with Crippen LogP contribution in [0.1, 0.15) is 31.4 Å². The van der Waals surface area contributed by atoms with E-state index in [0.29, 0.717) is 24.1 Å². The first-order valence-corrected chi connectivity index (χ1v) is 7.46. The number of halogens is 1. The van der Waals surface area contributed by atoms with Crippen LogP contribution in [0, 0.1) is 0 Å². The summed E-state index contributed by atoms with van der Waals surface area (Å²) >= 11 is 3.51. The van der Waals surface area contributed by atoms with E-state index in [-0.39, 0.29) is 5.91 Å². The van der Waals surface area contributed by atoms with Gasteiger partial charge in [0.1, 0.15) is 0 Å². The Morgan fingerprint density at radius 3 is 2.70 bits per heavy atom. The summed E-state index contributed by atoms with van der Waals surface area (Å²) in [7, 11) is 0. The summed E-state index contributed by atoms with van der Waals surface area (Å²) in [5, 5.41) is 22.5. The molecule has 3 N–H and O–H groups in total. The van der Waals surface area contributed by atoms with Crippen LogP contribution >= 0.6 is 15.9 Å². The highest BCUT2D eigenvalue weighted by Gasteiger charge is 2.32. The van der Waals surface area contributed by atoms with Crippen LogP contribution in [0.15, 0.2) is 16.6 Å². The molecular weight excluding hydrogens is 324 g/mol. The third-order valence-electron chi connectivity index (χ3n) is 4.10. The number of amides is 1. The lowest BCUT2D eigenvalue weighted by molar-refractivity contribution is -0.123. The number of fused-ring (bicyclic) bond motifs is 1. The van der Waals surface area contributed by atoms with Crippen LogP contribution in [-0.4, -0.2) is 34.8 Å². The average molecular weight is 341 g/mol. The highest BCUT2D eigenvalue weighted by molar-refractivity contribution is 9.10. The monoisotopic (exact) mass is 340 g/mol. The van der Waals surface area contributed by atoms with Gasteiger partial charge < -0.3 is 20.4 Å². The third kappa shape index (κ3) is 2.32. The van der Waals surface area contributed by atoms with Crippen molar-refractivity contribution in [1.82, 2.24) is 0 Å². The van der Waals surface area contributed by atoms with Crippen LogP contribution < -0.4 is 10.2 Å². The zero-order valence-electron chi connectivity index (χ0n) is 11.2. The molecule has 1 fully saturated rings. The Morgan fingerprint density at radius 2 is 2.05 bits per heavy atom. The molecule has 3 rings (SSSR count). The van der Waals surface area contributed by atoms with E-state index in [4.69, 9.17) is 0 Å². The molecule has 0 aliphatic carbocycles. The number of carbonyl (C=O) groups is 1. The van der Waals surface area contributed by atoms with Crippen LogP contribution in [0.3, 0.4) is 0 Å². The number of aliphatic hydroxyl groups is 2. The second-order valence-corrected chi connectivity index (χ2v) is 6.62. The minimum absolute atomic E-state index is 0.384. The van der Waals surface area contributed by atoms with Gasteiger partial charge in [0.15, 0.2) is 6.10 Å². The average Bonchev–Trinajstić information content (AvgIpc) is 2.65. The summed E-state index contributed by atoms with van der Waals surface area (Å²) in [4.78, 5) is 13.7. The Kier molecular flexibility index (Phi) is 3.27. The summed E-state index contributed by atoms with van der Waals surface area (Å²) in [5.74, 6) is -0.384. The molecule has 0 spiro atoms. The zero-order chi connectivity index (χ0) is 14.5. The molecule has 1 saturated heterocycles. The molecule has 108 valence electrons. The number of nitrogens with one attached hydrogen (secondary N) is 1. The summed E-state index contributed by atoms with van der Waals surface area (Å²) in [6.07, 6.45) is 0.342. The van der Waals surface area contributed by atoms with Crippen LogP contribution in [0.4, 0.5) is 11.4 Å². The van der Waals surface area contributed by atoms with Gasteiger partial charge in [0.05, 0.1) is 11.3 Å². The van der Waals surface area contributed by atoms with Crippen molar-refractivity contribution in [2.45, 2.75) is 31.5 Å². The summed E-state index contributed by atoms with van der Waals surface area (Å²) in [6, 6.07) is 3.67. The Balaban J connectivity index is 1.89. The molecule has 2 aliphatic rings. The molecule has 1 amide bonds. The van der Waals surface area contributed by atoms with Gasteiger partial charge in [0.25, 0.3) is 5.91 Å². The number of hydrogen-bond donors (Lipinski definition) is 3. The summed E-state index contributed by atoms with van der Waals surface area (Å²) in [6.45, 7) is 3.39. The van der Waals surface area contributed by atoms with E-state index in [1.54, 1.807) is 6.07 Å². The van der Waals surface area contributed by atoms with Crippen molar-refractivity contribution < 1.29 is 15.0 Å². The standard InChI is InChI=1S/C14H17BrN2O3/c1-14(20)2-4-17(5-3-14)11-7-10-8(6-9(11)15)12(18)13(19)16-10/h6-7,12,18,20H,2-5H2,1H3,(H,16,19). The second kappa shape index (κ2) is 4.72. The molecule has 2 heterocycles. The van der Waals surface area contributed by atoms with Gasteiger partial charge >= 0.3 is 0 Å². The maximum absolute atomic E-state index is 11.5. The Labute approximate surface area is 125 Å². The minimum Gasteiger partial charge on any atom is -0.390 e. The van der Waals surface area contributed by atoms with E-state index in [0.717, 1.165) is 23.2 Å². The first-order chi connectivity index (χ1) is 9.37. The summed E-state index contributed by atoms with van der Waals surface area (Å²) < 4.78 is 0.855. The smallest absolute Gasteiger partial charge is 0.257 e.